The van der Waals surface area contributed by atoms with Crippen molar-refractivity contribution in [2.75, 3.05) is 14.2 Å². The molecule has 1 N–H and O–H groups in total. The van der Waals surface area contributed by atoms with E-state index in [4.69, 9.17) is 0 Å². The molecule has 0 aromatic heterocycles. The molecular formula is C8H14N2O4. The van der Waals surface area contributed by atoms with Crippen LogP contribution < -0.4 is 5.43 Å². The standard InChI is InChI=1S/C8H14N2O4/c1-5-6(2)10(8(12)14-4)9-7(11)13-3/h5H,1-4H3,(H,9,11)/b6-5+. The Labute approximate surface area is 82.4 Å². The van der Waals surface area contributed by atoms with Gasteiger partial charge in [-0.15, -0.1) is 0 Å². The molecule has 0 aliphatic carbocycles. The van der Waals surface area contributed by atoms with Crippen LogP contribution in [-0.2, 0) is 9.47 Å². The number of amides is 2. The van der Waals surface area contributed by atoms with Crippen LogP contribution in [0.2, 0.25) is 0 Å². The van der Waals surface area contributed by atoms with Gasteiger partial charge in [0.15, 0.2) is 0 Å². The minimum absolute atomic E-state index is 0.530. The molecule has 14 heavy (non-hydrogen) atoms. The molecular weight excluding hydrogens is 188 g/mol. The topological polar surface area (TPSA) is 67.9 Å². The predicted octanol–water partition coefficient (Wildman–Crippen LogP) is 1.25. The van der Waals surface area contributed by atoms with Crippen LogP contribution in [0.5, 0.6) is 0 Å². The number of allylic oxidation sites excluding steroid dienone is 2. The SMILES string of the molecule is C/C=C(\C)N(NC(=O)OC)C(=O)OC. The van der Waals surface area contributed by atoms with Crippen molar-refractivity contribution in [2.24, 2.45) is 0 Å². The summed E-state index contributed by atoms with van der Waals surface area (Å²) >= 11 is 0. The number of carbonyl (C=O) groups excluding carboxylic acids is 2. The summed E-state index contributed by atoms with van der Waals surface area (Å²) in [6.45, 7) is 3.37. The van der Waals surface area contributed by atoms with Crippen LogP contribution in [0.25, 0.3) is 0 Å². The van der Waals surface area contributed by atoms with E-state index in [1.165, 1.54) is 14.2 Å². The van der Waals surface area contributed by atoms with E-state index < -0.39 is 12.2 Å². The fraction of sp³-hybridized carbons (Fsp3) is 0.500. The summed E-state index contributed by atoms with van der Waals surface area (Å²) in [5, 5.41) is 0.950. The Hall–Kier alpha value is -1.72. The molecule has 0 unspecified atom stereocenters. The molecule has 0 aromatic carbocycles. The van der Waals surface area contributed by atoms with Crippen molar-refractivity contribution in [3.05, 3.63) is 11.8 Å². The van der Waals surface area contributed by atoms with E-state index in [0.29, 0.717) is 5.70 Å². The number of hydrogen-bond acceptors (Lipinski definition) is 4. The molecule has 0 heterocycles. The lowest BCUT2D eigenvalue weighted by Gasteiger charge is -2.20. The second kappa shape index (κ2) is 5.85. The Morgan fingerprint density at radius 1 is 1.29 bits per heavy atom. The molecule has 0 aliphatic heterocycles. The highest BCUT2D eigenvalue weighted by atomic mass is 16.6. The van der Waals surface area contributed by atoms with Gasteiger partial charge in [0.2, 0.25) is 0 Å². The first-order valence-electron chi connectivity index (χ1n) is 3.92. The third kappa shape index (κ3) is 3.34. The molecule has 0 saturated heterocycles. The van der Waals surface area contributed by atoms with E-state index in [9.17, 15) is 9.59 Å². The number of carbonyl (C=O) groups is 2. The van der Waals surface area contributed by atoms with Crippen LogP contribution in [0, 0.1) is 0 Å². The van der Waals surface area contributed by atoms with Crippen LogP contribution in [0.15, 0.2) is 11.8 Å². The molecule has 2 amide bonds. The Morgan fingerprint density at radius 2 is 1.86 bits per heavy atom. The van der Waals surface area contributed by atoms with E-state index in [1.54, 1.807) is 19.9 Å². The van der Waals surface area contributed by atoms with Crippen molar-refractivity contribution in [1.29, 1.82) is 0 Å². The summed E-state index contributed by atoms with van der Waals surface area (Å²) in [6, 6.07) is 0. The minimum Gasteiger partial charge on any atom is -0.452 e. The normalized spacial score (nSPS) is 10.4. The predicted molar refractivity (Wildman–Crippen MR) is 49.2 cm³/mol. The maximum Gasteiger partial charge on any atom is 0.432 e. The van der Waals surface area contributed by atoms with Gasteiger partial charge in [0.05, 0.1) is 14.2 Å². The molecule has 0 radical (unpaired) electrons. The van der Waals surface area contributed by atoms with E-state index in [0.717, 1.165) is 5.01 Å². The fourth-order valence-corrected chi connectivity index (χ4v) is 0.635. The highest BCUT2D eigenvalue weighted by Gasteiger charge is 2.17. The largest absolute Gasteiger partial charge is 0.452 e. The summed E-state index contributed by atoms with van der Waals surface area (Å²) in [4.78, 5) is 22.0. The highest BCUT2D eigenvalue weighted by molar-refractivity contribution is 5.75. The van der Waals surface area contributed by atoms with E-state index in [1.807, 2.05) is 0 Å². The molecule has 0 aliphatic rings. The lowest BCUT2D eigenvalue weighted by Crippen LogP contribution is -2.44. The van der Waals surface area contributed by atoms with Gasteiger partial charge in [-0.25, -0.2) is 15.0 Å². The van der Waals surface area contributed by atoms with Gasteiger partial charge in [0.1, 0.15) is 0 Å². The maximum atomic E-state index is 11.2. The van der Waals surface area contributed by atoms with Gasteiger partial charge in [0.25, 0.3) is 0 Å². The molecule has 0 rings (SSSR count). The number of ether oxygens (including phenoxy) is 2. The van der Waals surface area contributed by atoms with Crippen LogP contribution >= 0.6 is 0 Å². The van der Waals surface area contributed by atoms with Crippen LogP contribution in [-0.4, -0.2) is 31.4 Å². The van der Waals surface area contributed by atoms with Gasteiger partial charge in [-0.3, -0.25) is 0 Å². The number of rotatable bonds is 1. The third-order valence-corrected chi connectivity index (χ3v) is 1.52. The number of methoxy groups -OCH3 is 2. The minimum atomic E-state index is -0.739. The summed E-state index contributed by atoms with van der Waals surface area (Å²) in [6.07, 6.45) is 0.218. The van der Waals surface area contributed by atoms with Gasteiger partial charge in [0, 0.05) is 5.70 Å². The smallest absolute Gasteiger partial charge is 0.432 e. The lowest BCUT2D eigenvalue weighted by atomic mass is 10.4. The van der Waals surface area contributed by atoms with Crippen LogP contribution in [0.3, 0.4) is 0 Å². The number of hydrazine groups is 1. The summed E-state index contributed by atoms with van der Waals surface area (Å²) < 4.78 is 8.80. The molecule has 80 valence electrons. The molecule has 6 nitrogen and oxygen atoms in total. The second-order valence-corrected chi connectivity index (χ2v) is 2.34. The Bertz CT molecular complexity index is 250. The first-order valence-corrected chi connectivity index (χ1v) is 3.92. The average molecular weight is 202 g/mol. The van der Waals surface area contributed by atoms with E-state index in [-0.39, 0.29) is 0 Å². The van der Waals surface area contributed by atoms with Crippen LogP contribution in [0.1, 0.15) is 13.8 Å². The van der Waals surface area contributed by atoms with Crippen molar-refractivity contribution in [1.82, 2.24) is 10.4 Å². The van der Waals surface area contributed by atoms with Crippen molar-refractivity contribution in [2.45, 2.75) is 13.8 Å². The summed E-state index contributed by atoms with van der Waals surface area (Å²) in [7, 11) is 2.42. The zero-order chi connectivity index (χ0) is 11.1. The zero-order valence-electron chi connectivity index (χ0n) is 8.66. The monoisotopic (exact) mass is 202 g/mol. The number of hydrogen-bond donors (Lipinski definition) is 1. The third-order valence-electron chi connectivity index (χ3n) is 1.52. The molecule has 0 fully saturated rings. The highest BCUT2D eigenvalue weighted by Crippen LogP contribution is 2.01. The van der Waals surface area contributed by atoms with E-state index in [2.05, 4.69) is 14.9 Å². The van der Waals surface area contributed by atoms with E-state index >= 15 is 0 Å². The molecule has 0 bridgehead atoms. The first kappa shape index (κ1) is 12.3. The second-order valence-electron chi connectivity index (χ2n) is 2.34. The van der Waals surface area contributed by atoms with Gasteiger partial charge >= 0.3 is 12.2 Å². The van der Waals surface area contributed by atoms with Crippen molar-refractivity contribution < 1.29 is 19.1 Å². The van der Waals surface area contributed by atoms with Crippen molar-refractivity contribution in [3.63, 3.8) is 0 Å². The fourth-order valence-electron chi connectivity index (χ4n) is 0.635. The molecule has 0 aromatic rings. The average Bonchev–Trinajstić information content (AvgIpc) is 2.23. The maximum absolute atomic E-state index is 11.2. The molecule has 0 spiro atoms. The number of nitrogens with zero attached hydrogens (tertiary/aromatic N) is 1. The van der Waals surface area contributed by atoms with Crippen molar-refractivity contribution in [3.8, 4) is 0 Å². The van der Waals surface area contributed by atoms with Gasteiger partial charge in [-0.2, -0.15) is 5.01 Å². The number of nitrogens with one attached hydrogen (secondary N) is 1. The lowest BCUT2D eigenvalue weighted by molar-refractivity contribution is 0.104. The Kier molecular flexibility index (Phi) is 5.13. The Morgan fingerprint density at radius 3 is 2.21 bits per heavy atom. The zero-order valence-corrected chi connectivity index (χ0v) is 8.66. The molecule has 0 atom stereocenters. The van der Waals surface area contributed by atoms with Gasteiger partial charge in [-0.05, 0) is 13.8 Å². The molecule has 0 saturated carbocycles. The summed E-state index contributed by atoms with van der Waals surface area (Å²) in [5.74, 6) is 0. The first-order chi connectivity index (χ1) is 6.56. The van der Waals surface area contributed by atoms with Crippen LogP contribution in [0.4, 0.5) is 9.59 Å². The molecule has 6 heteroatoms. The van der Waals surface area contributed by atoms with Gasteiger partial charge < -0.3 is 9.47 Å². The summed E-state index contributed by atoms with van der Waals surface area (Å²) in [5.41, 5.74) is 2.73. The quantitative estimate of drug-likeness (QED) is 0.650. The van der Waals surface area contributed by atoms with Crippen molar-refractivity contribution >= 4 is 12.2 Å². The Balaban J connectivity index is 4.57. The van der Waals surface area contributed by atoms with Gasteiger partial charge in [-0.1, -0.05) is 6.08 Å².